The summed E-state index contributed by atoms with van der Waals surface area (Å²) in [6.07, 6.45) is 5.90. The summed E-state index contributed by atoms with van der Waals surface area (Å²) in [4.78, 5) is 25.9. The second kappa shape index (κ2) is 6.52. The molecule has 2 N–H and O–H groups in total. The molecule has 1 amide bonds. The summed E-state index contributed by atoms with van der Waals surface area (Å²) in [5.74, 6) is -0.318. The molecule has 19 heavy (non-hydrogen) atoms. The Bertz CT molecular complexity index is 478. The van der Waals surface area contributed by atoms with E-state index in [4.69, 9.17) is 4.74 Å². The molecule has 2 atom stereocenters. The molecular weight excluding hydrogens is 244 g/mol. The number of hydrogen-bond donors (Lipinski definition) is 2. The van der Waals surface area contributed by atoms with Gasteiger partial charge in [-0.2, -0.15) is 0 Å². The van der Waals surface area contributed by atoms with Crippen LogP contribution in [0.5, 0.6) is 0 Å². The minimum atomic E-state index is -0.355. The lowest BCUT2D eigenvalue weighted by Crippen LogP contribution is -2.36. The largest absolute Gasteiger partial charge is 0.378 e. The van der Waals surface area contributed by atoms with Crippen molar-refractivity contribution in [2.45, 2.75) is 44.8 Å². The molecule has 1 aliphatic rings. The van der Waals surface area contributed by atoms with Crippen LogP contribution in [0.25, 0.3) is 0 Å². The standard InChI is InChI=1S/C14H20N2O3/c1-10(6-7-11-4-3-9-19-11)16-14(18)12-5-2-8-15-13(12)17/h2,5,8,10-11H,3-4,6-7,9H2,1H3,(H,15,17)(H,16,18)/t10-,11-/m0/s1. The number of nitrogens with one attached hydrogen (secondary N) is 2. The number of hydrogen-bond acceptors (Lipinski definition) is 3. The molecule has 5 heteroatoms. The first-order valence-electron chi connectivity index (χ1n) is 6.77. The third-order valence-corrected chi connectivity index (χ3v) is 3.39. The van der Waals surface area contributed by atoms with Crippen LogP contribution >= 0.6 is 0 Å². The average molecular weight is 264 g/mol. The highest BCUT2D eigenvalue weighted by molar-refractivity contribution is 5.93. The van der Waals surface area contributed by atoms with E-state index in [-0.39, 0.29) is 23.1 Å². The van der Waals surface area contributed by atoms with Gasteiger partial charge in [0, 0.05) is 18.8 Å². The van der Waals surface area contributed by atoms with Gasteiger partial charge in [0.2, 0.25) is 0 Å². The fraction of sp³-hybridized carbons (Fsp3) is 0.571. The molecule has 0 saturated carbocycles. The highest BCUT2D eigenvalue weighted by Crippen LogP contribution is 2.17. The second-order valence-corrected chi connectivity index (χ2v) is 5.00. The van der Waals surface area contributed by atoms with E-state index in [1.54, 1.807) is 6.07 Å². The molecule has 0 unspecified atom stereocenters. The molecule has 0 aromatic carbocycles. The Hall–Kier alpha value is -1.62. The van der Waals surface area contributed by atoms with Gasteiger partial charge in [0.05, 0.1) is 6.10 Å². The third-order valence-electron chi connectivity index (χ3n) is 3.39. The first-order valence-corrected chi connectivity index (χ1v) is 6.77. The van der Waals surface area contributed by atoms with Gasteiger partial charge >= 0.3 is 0 Å². The predicted molar refractivity (Wildman–Crippen MR) is 72.2 cm³/mol. The van der Waals surface area contributed by atoms with Crippen molar-refractivity contribution in [2.75, 3.05) is 6.61 Å². The number of carbonyl (C=O) groups is 1. The minimum absolute atomic E-state index is 0.0382. The first kappa shape index (κ1) is 13.8. The summed E-state index contributed by atoms with van der Waals surface area (Å²) < 4.78 is 5.54. The highest BCUT2D eigenvalue weighted by Gasteiger charge is 2.18. The molecule has 1 aromatic heterocycles. The molecule has 2 heterocycles. The molecule has 1 aliphatic heterocycles. The number of H-pyrrole nitrogens is 1. The first-order chi connectivity index (χ1) is 9.16. The van der Waals surface area contributed by atoms with Crippen molar-refractivity contribution in [1.82, 2.24) is 10.3 Å². The molecule has 0 aliphatic carbocycles. The van der Waals surface area contributed by atoms with E-state index in [9.17, 15) is 9.59 Å². The van der Waals surface area contributed by atoms with Gasteiger partial charge in [0.25, 0.3) is 11.5 Å². The predicted octanol–water partition coefficient (Wildman–Crippen LogP) is 1.45. The zero-order chi connectivity index (χ0) is 13.7. The number of carbonyl (C=O) groups excluding carboxylic acids is 1. The Balaban J connectivity index is 1.81. The van der Waals surface area contributed by atoms with Crippen LogP contribution in [0.2, 0.25) is 0 Å². The van der Waals surface area contributed by atoms with Crippen molar-refractivity contribution in [3.63, 3.8) is 0 Å². The van der Waals surface area contributed by atoms with Gasteiger partial charge in [-0.3, -0.25) is 9.59 Å². The molecule has 104 valence electrons. The fourth-order valence-electron chi connectivity index (χ4n) is 2.28. The van der Waals surface area contributed by atoms with Gasteiger partial charge < -0.3 is 15.0 Å². The summed E-state index contributed by atoms with van der Waals surface area (Å²) in [6, 6.07) is 3.21. The molecular formula is C14H20N2O3. The van der Waals surface area contributed by atoms with Crippen LogP contribution < -0.4 is 10.9 Å². The van der Waals surface area contributed by atoms with E-state index in [2.05, 4.69) is 10.3 Å². The Morgan fingerprint density at radius 1 is 1.63 bits per heavy atom. The van der Waals surface area contributed by atoms with Crippen LogP contribution in [0, 0.1) is 0 Å². The number of pyridine rings is 1. The van der Waals surface area contributed by atoms with Crippen LogP contribution in [-0.2, 0) is 4.74 Å². The summed E-state index contributed by atoms with van der Waals surface area (Å²) in [5.41, 5.74) is -0.196. The van der Waals surface area contributed by atoms with Crippen LogP contribution in [0.15, 0.2) is 23.1 Å². The molecule has 0 spiro atoms. The van der Waals surface area contributed by atoms with Gasteiger partial charge in [-0.05, 0) is 44.7 Å². The SMILES string of the molecule is C[C@@H](CC[C@@H]1CCCO1)NC(=O)c1ccc[nH]c1=O. The third kappa shape index (κ3) is 3.92. The van der Waals surface area contributed by atoms with E-state index in [0.717, 1.165) is 32.3 Å². The van der Waals surface area contributed by atoms with Crippen LogP contribution in [0.1, 0.15) is 43.0 Å². The van der Waals surface area contributed by atoms with E-state index < -0.39 is 0 Å². The van der Waals surface area contributed by atoms with Crippen molar-refractivity contribution >= 4 is 5.91 Å². The Kier molecular flexibility index (Phi) is 4.74. The van der Waals surface area contributed by atoms with Crippen LogP contribution in [0.3, 0.4) is 0 Å². The lowest BCUT2D eigenvalue weighted by molar-refractivity contribution is 0.0898. The molecule has 5 nitrogen and oxygen atoms in total. The van der Waals surface area contributed by atoms with Gasteiger partial charge in [-0.1, -0.05) is 0 Å². The zero-order valence-electron chi connectivity index (χ0n) is 11.1. The molecule has 1 fully saturated rings. The van der Waals surface area contributed by atoms with E-state index in [1.807, 2.05) is 6.92 Å². The summed E-state index contributed by atoms with van der Waals surface area (Å²) in [6.45, 7) is 2.80. The number of rotatable bonds is 5. The summed E-state index contributed by atoms with van der Waals surface area (Å²) in [5, 5.41) is 2.85. The fourth-order valence-corrected chi connectivity index (χ4v) is 2.28. The normalized spacial score (nSPS) is 20.2. The number of ether oxygens (including phenoxy) is 1. The van der Waals surface area contributed by atoms with Crippen molar-refractivity contribution < 1.29 is 9.53 Å². The van der Waals surface area contributed by atoms with Crippen molar-refractivity contribution in [3.8, 4) is 0 Å². The van der Waals surface area contributed by atoms with E-state index in [1.165, 1.54) is 12.3 Å². The maximum absolute atomic E-state index is 11.9. The zero-order valence-corrected chi connectivity index (χ0v) is 11.1. The topological polar surface area (TPSA) is 71.2 Å². The van der Waals surface area contributed by atoms with Gasteiger partial charge in [-0.25, -0.2) is 0 Å². The lowest BCUT2D eigenvalue weighted by Gasteiger charge is -2.16. The maximum Gasteiger partial charge on any atom is 0.260 e. The number of amides is 1. The van der Waals surface area contributed by atoms with Crippen LogP contribution in [-0.4, -0.2) is 29.6 Å². The van der Waals surface area contributed by atoms with Crippen LogP contribution in [0.4, 0.5) is 0 Å². The maximum atomic E-state index is 11.9. The lowest BCUT2D eigenvalue weighted by atomic mass is 10.1. The summed E-state index contributed by atoms with van der Waals surface area (Å²) >= 11 is 0. The molecule has 0 bridgehead atoms. The van der Waals surface area contributed by atoms with E-state index >= 15 is 0 Å². The Morgan fingerprint density at radius 2 is 2.47 bits per heavy atom. The van der Waals surface area contributed by atoms with Gasteiger partial charge in [0.15, 0.2) is 0 Å². The smallest absolute Gasteiger partial charge is 0.260 e. The molecule has 1 saturated heterocycles. The molecule has 2 rings (SSSR count). The van der Waals surface area contributed by atoms with Gasteiger partial charge in [0.1, 0.15) is 5.56 Å². The molecule has 0 radical (unpaired) electrons. The number of aromatic nitrogens is 1. The summed E-state index contributed by atoms with van der Waals surface area (Å²) in [7, 11) is 0. The van der Waals surface area contributed by atoms with Crippen molar-refractivity contribution in [1.29, 1.82) is 0 Å². The molecule has 1 aromatic rings. The van der Waals surface area contributed by atoms with Crippen molar-refractivity contribution in [2.24, 2.45) is 0 Å². The second-order valence-electron chi connectivity index (χ2n) is 5.00. The van der Waals surface area contributed by atoms with E-state index in [0.29, 0.717) is 6.10 Å². The number of aromatic amines is 1. The quantitative estimate of drug-likeness (QED) is 0.845. The minimum Gasteiger partial charge on any atom is -0.378 e. The Morgan fingerprint density at radius 3 is 3.16 bits per heavy atom. The average Bonchev–Trinajstić information content (AvgIpc) is 2.90. The monoisotopic (exact) mass is 264 g/mol. The Labute approximate surface area is 112 Å². The highest BCUT2D eigenvalue weighted by atomic mass is 16.5. The van der Waals surface area contributed by atoms with Gasteiger partial charge in [-0.15, -0.1) is 0 Å². The van der Waals surface area contributed by atoms with Crippen molar-refractivity contribution in [3.05, 3.63) is 34.2 Å².